The zero-order valence-corrected chi connectivity index (χ0v) is 14.4. The molecule has 2 heterocycles. The van der Waals surface area contributed by atoms with E-state index in [-0.39, 0.29) is 24.2 Å². The number of likely N-dealkylation sites (tertiary alicyclic amines) is 1. The van der Waals surface area contributed by atoms with Crippen molar-refractivity contribution in [2.75, 3.05) is 25.5 Å². The molecule has 1 aromatic carbocycles. The quantitative estimate of drug-likeness (QED) is 0.904. The summed E-state index contributed by atoms with van der Waals surface area (Å²) in [7, 11) is 1.62. The first-order chi connectivity index (χ1) is 11.6. The first kappa shape index (κ1) is 16.4. The monoisotopic (exact) mass is 345 g/mol. The Hall–Kier alpha value is -2.41. The highest BCUT2D eigenvalue weighted by Crippen LogP contribution is 2.32. The zero-order chi connectivity index (χ0) is 17.1. The summed E-state index contributed by atoms with van der Waals surface area (Å²) in [5, 5.41) is 5.24. The van der Waals surface area contributed by atoms with Crippen LogP contribution in [0.25, 0.3) is 11.3 Å². The molecule has 24 heavy (non-hydrogen) atoms. The van der Waals surface area contributed by atoms with Gasteiger partial charge in [0.15, 0.2) is 5.13 Å². The summed E-state index contributed by atoms with van der Waals surface area (Å²) in [6.07, 6.45) is 0.268. The number of methoxy groups -OCH3 is 1. The number of anilines is 1. The van der Waals surface area contributed by atoms with Crippen molar-refractivity contribution in [3.63, 3.8) is 0 Å². The van der Waals surface area contributed by atoms with Crippen LogP contribution in [0.15, 0.2) is 29.6 Å². The minimum absolute atomic E-state index is 0.0338. The number of carbonyl (C=O) groups is 2. The Bertz CT molecular complexity index is 759. The van der Waals surface area contributed by atoms with Crippen LogP contribution in [0.3, 0.4) is 0 Å². The van der Waals surface area contributed by atoms with Crippen LogP contribution in [0.5, 0.6) is 5.75 Å². The van der Waals surface area contributed by atoms with Gasteiger partial charge in [-0.05, 0) is 19.1 Å². The number of nitrogens with zero attached hydrogens (tertiary/aromatic N) is 2. The van der Waals surface area contributed by atoms with Gasteiger partial charge in [-0.1, -0.05) is 12.1 Å². The third-order valence-electron chi connectivity index (χ3n) is 4.08. The molecule has 0 radical (unpaired) electrons. The van der Waals surface area contributed by atoms with Crippen molar-refractivity contribution < 1.29 is 14.3 Å². The van der Waals surface area contributed by atoms with Crippen molar-refractivity contribution in [3.8, 4) is 17.0 Å². The average Bonchev–Trinajstić information content (AvgIpc) is 3.21. The lowest BCUT2D eigenvalue weighted by molar-refractivity contribution is -0.128. The van der Waals surface area contributed by atoms with E-state index in [1.54, 1.807) is 12.0 Å². The first-order valence-electron chi connectivity index (χ1n) is 7.80. The molecule has 2 aromatic rings. The lowest BCUT2D eigenvalue weighted by Gasteiger charge is -2.12. The number of amides is 2. The maximum absolute atomic E-state index is 12.3. The molecule has 7 heteroatoms. The van der Waals surface area contributed by atoms with E-state index in [1.165, 1.54) is 11.3 Å². The lowest BCUT2D eigenvalue weighted by atomic mass is 10.1. The Labute approximate surface area is 144 Å². The SMILES string of the molecule is CCN1C[C@@H](C(=O)Nc2nc(-c3ccccc3OC)cs2)CC1=O. The van der Waals surface area contributed by atoms with E-state index in [0.717, 1.165) is 17.0 Å². The van der Waals surface area contributed by atoms with E-state index in [1.807, 2.05) is 36.6 Å². The molecular weight excluding hydrogens is 326 g/mol. The van der Waals surface area contributed by atoms with E-state index in [0.29, 0.717) is 18.2 Å². The van der Waals surface area contributed by atoms with Gasteiger partial charge in [0.2, 0.25) is 11.8 Å². The predicted octanol–water partition coefficient (Wildman–Crippen LogP) is 2.63. The molecule has 1 aliphatic heterocycles. The van der Waals surface area contributed by atoms with E-state index in [9.17, 15) is 9.59 Å². The van der Waals surface area contributed by atoms with Gasteiger partial charge < -0.3 is 15.0 Å². The maximum Gasteiger partial charge on any atom is 0.231 e. The van der Waals surface area contributed by atoms with Crippen molar-refractivity contribution in [1.82, 2.24) is 9.88 Å². The molecule has 1 saturated heterocycles. The predicted molar refractivity (Wildman–Crippen MR) is 93.1 cm³/mol. The number of ether oxygens (including phenoxy) is 1. The van der Waals surface area contributed by atoms with Crippen LogP contribution in [0.4, 0.5) is 5.13 Å². The summed E-state index contributed by atoms with van der Waals surface area (Å²) in [6, 6.07) is 7.61. The Morgan fingerprint density at radius 2 is 2.25 bits per heavy atom. The number of thiazole rings is 1. The summed E-state index contributed by atoms with van der Waals surface area (Å²) in [4.78, 5) is 30.3. The zero-order valence-electron chi connectivity index (χ0n) is 13.6. The summed E-state index contributed by atoms with van der Waals surface area (Å²) < 4.78 is 5.34. The third-order valence-corrected chi connectivity index (χ3v) is 4.84. The van der Waals surface area contributed by atoms with E-state index in [4.69, 9.17) is 4.74 Å². The number of hydrogen-bond acceptors (Lipinski definition) is 5. The molecule has 0 spiro atoms. The molecule has 126 valence electrons. The van der Waals surface area contributed by atoms with Gasteiger partial charge in [0, 0.05) is 30.5 Å². The molecule has 0 aliphatic carbocycles. The van der Waals surface area contributed by atoms with Gasteiger partial charge in [-0.25, -0.2) is 4.98 Å². The Kier molecular flexibility index (Phi) is 4.80. The topological polar surface area (TPSA) is 71.5 Å². The standard InChI is InChI=1S/C17H19N3O3S/c1-3-20-9-11(8-15(20)21)16(22)19-17-18-13(10-24-17)12-6-4-5-7-14(12)23-2/h4-7,10-11H,3,8-9H2,1-2H3,(H,18,19,22)/t11-/m0/s1. The van der Waals surface area contributed by atoms with Gasteiger partial charge in [0.1, 0.15) is 5.75 Å². The van der Waals surface area contributed by atoms with Crippen LogP contribution in [-0.2, 0) is 9.59 Å². The van der Waals surface area contributed by atoms with Crippen molar-refractivity contribution >= 4 is 28.3 Å². The minimum Gasteiger partial charge on any atom is -0.496 e. The Balaban J connectivity index is 1.70. The van der Waals surface area contributed by atoms with Crippen LogP contribution in [0.2, 0.25) is 0 Å². The van der Waals surface area contributed by atoms with Gasteiger partial charge in [-0.3, -0.25) is 9.59 Å². The molecule has 1 N–H and O–H groups in total. The third kappa shape index (κ3) is 3.26. The largest absolute Gasteiger partial charge is 0.496 e. The van der Waals surface area contributed by atoms with Crippen LogP contribution in [0.1, 0.15) is 13.3 Å². The molecule has 6 nitrogen and oxygen atoms in total. The van der Waals surface area contributed by atoms with Gasteiger partial charge >= 0.3 is 0 Å². The lowest BCUT2D eigenvalue weighted by Crippen LogP contribution is -2.28. The second-order valence-corrected chi connectivity index (χ2v) is 6.42. The Morgan fingerprint density at radius 1 is 1.46 bits per heavy atom. The van der Waals surface area contributed by atoms with E-state index in [2.05, 4.69) is 10.3 Å². The fourth-order valence-electron chi connectivity index (χ4n) is 2.77. The van der Waals surface area contributed by atoms with Gasteiger partial charge in [-0.15, -0.1) is 11.3 Å². The number of nitrogens with one attached hydrogen (secondary N) is 1. The molecule has 1 atom stereocenters. The highest BCUT2D eigenvalue weighted by atomic mass is 32.1. The van der Waals surface area contributed by atoms with Crippen LogP contribution in [-0.4, -0.2) is 41.9 Å². The summed E-state index contributed by atoms with van der Waals surface area (Å²) in [6.45, 7) is 3.03. The van der Waals surface area contributed by atoms with Crippen LogP contribution < -0.4 is 10.1 Å². The summed E-state index contributed by atoms with van der Waals surface area (Å²) in [5.41, 5.74) is 1.63. The second-order valence-electron chi connectivity index (χ2n) is 5.56. The minimum atomic E-state index is -0.309. The second kappa shape index (κ2) is 7.00. The highest BCUT2D eigenvalue weighted by molar-refractivity contribution is 7.14. The summed E-state index contributed by atoms with van der Waals surface area (Å²) >= 11 is 1.36. The highest BCUT2D eigenvalue weighted by Gasteiger charge is 2.33. The molecule has 3 rings (SSSR count). The number of hydrogen-bond donors (Lipinski definition) is 1. The smallest absolute Gasteiger partial charge is 0.231 e. The van der Waals surface area contributed by atoms with Crippen molar-refractivity contribution in [3.05, 3.63) is 29.6 Å². The molecule has 1 fully saturated rings. The summed E-state index contributed by atoms with van der Waals surface area (Å²) in [5.74, 6) is 0.309. The number of carbonyl (C=O) groups excluding carboxylic acids is 2. The molecule has 1 aromatic heterocycles. The fraction of sp³-hybridized carbons (Fsp3) is 0.353. The van der Waals surface area contributed by atoms with E-state index >= 15 is 0 Å². The number of benzene rings is 1. The van der Waals surface area contributed by atoms with Gasteiger partial charge in [0.25, 0.3) is 0 Å². The van der Waals surface area contributed by atoms with E-state index < -0.39 is 0 Å². The normalized spacial score (nSPS) is 17.2. The van der Waals surface area contributed by atoms with Crippen molar-refractivity contribution in [2.45, 2.75) is 13.3 Å². The molecule has 0 bridgehead atoms. The van der Waals surface area contributed by atoms with Gasteiger partial charge in [-0.2, -0.15) is 0 Å². The van der Waals surface area contributed by atoms with Gasteiger partial charge in [0.05, 0.1) is 18.7 Å². The average molecular weight is 345 g/mol. The van der Waals surface area contributed by atoms with Crippen LogP contribution in [0, 0.1) is 5.92 Å². The molecule has 0 unspecified atom stereocenters. The number of aromatic nitrogens is 1. The molecule has 1 aliphatic rings. The fourth-order valence-corrected chi connectivity index (χ4v) is 3.49. The van der Waals surface area contributed by atoms with Crippen molar-refractivity contribution in [1.29, 1.82) is 0 Å². The Morgan fingerprint density at radius 3 is 2.96 bits per heavy atom. The molecular formula is C17H19N3O3S. The van der Waals surface area contributed by atoms with Crippen LogP contribution >= 0.6 is 11.3 Å². The molecule has 2 amide bonds. The van der Waals surface area contributed by atoms with Crippen molar-refractivity contribution in [2.24, 2.45) is 5.92 Å². The number of para-hydroxylation sites is 1. The maximum atomic E-state index is 12.3. The molecule has 0 saturated carbocycles. The first-order valence-corrected chi connectivity index (χ1v) is 8.68. The number of rotatable bonds is 5.